The Morgan fingerprint density at radius 2 is 1.95 bits per heavy atom. The van der Waals surface area contributed by atoms with Gasteiger partial charge in [0.15, 0.2) is 10.9 Å². The van der Waals surface area contributed by atoms with Crippen LogP contribution in [0.1, 0.15) is 16.1 Å². The van der Waals surface area contributed by atoms with Gasteiger partial charge in [0.2, 0.25) is 0 Å². The van der Waals surface area contributed by atoms with E-state index >= 15 is 0 Å². The normalized spacial score (nSPS) is 10.8. The molecule has 0 aliphatic heterocycles. The number of aromatic amines is 1. The molecule has 0 aliphatic carbocycles. The first-order valence-corrected chi connectivity index (χ1v) is 7.84. The Labute approximate surface area is 131 Å². The molecule has 4 nitrogen and oxygen atoms in total. The number of hydrogen-bond donors (Lipinski definition) is 1. The minimum absolute atomic E-state index is 0.0194. The van der Waals surface area contributed by atoms with Crippen molar-refractivity contribution < 1.29 is 4.79 Å². The van der Waals surface area contributed by atoms with Gasteiger partial charge in [0.25, 0.3) is 5.56 Å². The molecular weight excluding hydrogens is 296 g/mol. The van der Waals surface area contributed by atoms with Crippen molar-refractivity contribution in [1.29, 1.82) is 0 Å². The molecule has 2 aromatic carbocycles. The lowest BCUT2D eigenvalue weighted by molar-refractivity contribution is 0.102. The summed E-state index contributed by atoms with van der Waals surface area (Å²) < 4.78 is 0. The number of nitrogens with zero attached hydrogens (tertiary/aromatic N) is 1. The minimum Gasteiger partial charge on any atom is -0.301 e. The first-order chi connectivity index (χ1) is 10.6. The van der Waals surface area contributed by atoms with Crippen LogP contribution in [0, 0.1) is 6.92 Å². The van der Waals surface area contributed by atoms with Crippen LogP contribution in [0.15, 0.2) is 58.5 Å². The Hall–Kier alpha value is -2.40. The number of carbonyl (C=O) groups excluding carboxylic acids is 1. The van der Waals surface area contributed by atoms with Crippen molar-refractivity contribution in [2.24, 2.45) is 0 Å². The van der Waals surface area contributed by atoms with Crippen LogP contribution in [0.4, 0.5) is 0 Å². The number of ketones is 1. The summed E-state index contributed by atoms with van der Waals surface area (Å²) in [5, 5.41) is 2.46. The zero-order valence-corrected chi connectivity index (χ0v) is 12.8. The molecule has 1 aromatic heterocycles. The highest BCUT2D eigenvalue weighted by atomic mass is 32.2. The number of thioether (sulfide) groups is 1. The first kappa shape index (κ1) is 14.5. The van der Waals surface area contributed by atoms with Crippen molar-refractivity contribution in [3.05, 3.63) is 70.1 Å². The molecule has 0 saturated heterocycles. The molecule has 3 aromatic rings. The summed E-state index contributed by atoms with van der Waals surface area (Å²) in [5.41, 5.74) is 1.14. The van der Waals surface area contributed by atoms with E-state index < -0.39 is 0 Å². The van der Waals surface area contributed by atoms with E-state index in [9.17, 15) is 9.59 Å². The third kappa shape index (κ3) is 3.09. The molecule has 110 valence electrons. The Morgan fingerprint density at radius 3 is 2.77 bits per heavy atom. The number of nitrogens with one attached hydrogen (secondary N) is 1. The summed E-state index contributed by atoms with van der Waals surface area (Å²) in [5.74, 6) is 0.256. The number of rotatable bonds is 4. The second-order valence-electron chi connectivity index (χ2n) is 4.93. The lowest BCUT2D eigenvalue weighted by Crippen LogP contribution is -2.10. The highest BCUT2D eigenvalue weighted by molar-refractivity contribution is 7.99. The molecule has 3 rings (SSSR count). The Kier molecular flexibility index (Phi) is 4.06. The molecule has 0 amide bonds. The average Bonchev–Trinajstić information content (AvgIpc) is 2.51. The molecule has 1 N–H and O–H groups in total. The zero-order valence-electron chi connectivity index (χ0n) is 12.0. The molecule has 0 radical (unpaired) electrons. The van der Waals surface area contributed by atoms with Crippen molar-refractivity contribution in [3.8, 4) is 0 Å². The number of Topliss-reactive ketones (excluding diaryl/α,β-unsaturated/α-hetero) is 1. The number of H-pyrrole nitrogens is 1. The topological polar surface area (TPSA) is 62.8 Å². The Morgan fingerprint density at radius 1 is 1.18 bits per heavy atom. The number of aryl methyl sites for hydroxylation is 1. The smallest absolute Gasteiger partial charge is 0.251 e. The standard InChI is InChI=1S/C17H14N2O2S/c1-11-9-16(21)19-17(18-11)22-10-15(20)14-8-4-6-12-5-2-3-7-13(12)14/h2-9H,10H2,1H3,(H,18,19,21). The van der Waals surface area contributed by atoms with Crippen molar-refractivity contribution >= 4 is 28.3 Å². The number of fused-ring (bicyclic) bond motifs is 1. The van der Waals surface area contributed by atoms with Crippen molar-refractivity contribution in [2.75, 3.05) is 5.75 Å². The minimum atomic E-state index is -0.201. The van der Waals surface area contributed by atoms with E-state index in [0.717, 1.165) is 10.8 Å². The van der Waals surface area contributed by atoms with Gasteiger partial charge < -0.3 is 4.98 Å². The second kappa shape index (κ2) is 6.15. The SMILES string of the molecule is Cc1cc(=O)[nH]c(SCC(=O)c2cccc3ccccc23)n1. The fraction of sp³-hybridized carbons (Fsp3) is 0.118. The van der Waals surface area contributed by atoms with Crippen LogP contribution >= 0.6 is 11.8 Å². The first-order valence-electron chi connectivity index (χ1n) is 6.85. The molecule has 0 spiro atoms. The zero-order chi connectivity index (χ0) is 15.5. The van der Waals surface area contributed by atoms with E-state index in [-0.39, 0.29) is 17.1 Å². The predicted molar refractivity (Wildman–Crippen MR) is 88.6 cm³/mol. The quantitative estimate of drug-likeness (QED) is 0.456. The van der Waals surface area contributed by atoms with Crippen molar-refractivity contribution in [3.63, 3.8) is 0 Å². The molecule has 0 unspecified atom stereocenters. The van der Waals surface area contributed by atoms with Crippen LogP contribution in [0.5, 0.6) is 0 Å². The van der Waals surface area contributed by atoms with Gasteiger partial charge in [-0.2, -0.15) is 0 Å². The van der Waals surface area contributed by atoms with Crippen LogP contribution in [-0.4, -0.2) is 21.5 Å². The molecular formula is C17H14N2O2S. The van der Waals surface area contributed by atoms with Crippen LogP contribution in [-0.2, 0) is 0 Å². The maximum Gasteiger partial charge on any atom is 0.251 e. The Bertz CT molecular complexity index is 897. The fourth-order valence-electron chi connectivity index (χ4n) is 2.30. The van der Waals surface area contributed by atoms with E-state index in [0.29, 0.717) is 16.4 Å². The lowest BCUT2D eigenvalue weighted by atomic mass is 10.0. The fourth-order valence-corrected chi connectivity index (χ4v) is 3.10. The highest BCUT2D eigenvalue weighted by Crippen LogP contribution is 2.21. The molecule has 0 saturated carbocycles. The maximum absolute atomic E-state index is 12.5. The summed E-state index contributed by atoms with van der Waals surface area (Å²) in [6, 6.07) is 14.9. The van der Waals surface area contributed by atoms with Gasteiger partial charge in [0, 0.05) is 17.3 Å². The average molecular weight is 310 g/mol. The van der Waals surface area contributed by atoms with Gasteiger partial charge in [-0.15, -0.1) is 0 Å². The van der Waals surface area contributed by atoms with Crippen LogP contribution in [0.2, 0.25) is 0 Å². The number of benzene rings is 2. The maximum atomic E-state index is 12.5. The van der Waals surface area contributed by atoms with E-state index in [1.54, 1.807) is 6.92 Å². The molecule has 1 heterocycles. The Balaban J connectivity index is 1.83. The molecule has 0 bridgehead atoms. The van der Waals surface area contributed by atoms with Crippen LogP contribution in [0.3, 0.4) is 0 Å². The van der Waals surface area contributed by atoms with Gasteiger partial charge in [-0.3, -0.25) is 9.59 Å². The number of aromatic nitrogens is 2. The van der Waals surface area contributed by atoms with Gasteiger partial charge in [-0.25, -0.2) is 4.98 Å². The summed E-state index contributed by atoms with van der Waals surface area (Å²) in [6.07, 6.45) is 0. The van der Waals surface area contributed by atoms with Crippen molar-refractivity contribution in [1.82, 2.24) is 9.97 Å². The largest absolute Gasteiger partial charge is 0.301 e. The van der Waals surface area contributed by atoms with E-state index in [4.69, 9.17) is 0 Å². The molecule has 5 heteroatoms. The molecule has 22 heavy (non-hydrogen) atoms. The monoisotopic (exact) mass is 310 g/mol. The summed E-state index contributed by atoms with van der Waals surface area (Å²) in [6.45, 7) is 1.76. The summed E-state index contributed by atoms with van der Waals surface area (Å²) >= 11 is 1.24. The number of hydrogen-bond acceptors (Lipinski definition) is 4. The van der Waals surface area contributed by atoms with E-state index in [2.05, 4.69) is 9.97 Å². The van der Waals surface area contributed by atoms with Crippen LogP contribution in [0.25, 0.3) is 10.8 Å². The van der Waals surface area contributed by atoms with Crippen molar-refractivity contribution in [2.45, 2.75) is 12.1 Å². The van der Waals surface area contributed by atoms with Gasteiger partial charge >= 0.3 is 0 Å². The highest BCUT2D eigenvalue weighted by Gasteiger charge is 2.11. The van der Waals surface area contributed by atoms with Gasteiger partial charge in [-0.05, 0) is 17.7 Å². The molecule has 0 fully saturated rings. The van der Waals surface area contributed by atoms with E-state index in [1.165, 1.54) is 17.8 Å². The summed E-state index contributed by atoms with van der Waals surface area (Å²) in [4.78, 5) is 30.7. The summed E-state index contributed by atoms with van der Waals surface area (Å²) in [7, 11) is 0. The third-order valence-electron chi connectivity index (χ3n) is 3.28. The van der Waals surface area contributed by atoms with Gasteiger partial charge in [0.05, 0.1) is 5.75 Å². The van der Waals surface area contributed by atoms with Gasteiger partial charge in [0.1, 0.15) is 0 Å². The lowest BCUT2D eigenvalue weighted by Gasteiger charge is -2.05. The predicted octanol–water partition coefficient (Wildman–Crippen LogP) is 3.21. The molecule has 0 aliphatic rings. The molecule has 0 atom stereocenters. The van der Waals surface area contributed by atoms with E-state index in [1.807, 2.05) is 42.5 Å². The van der Waals surface area contributed by atoms with Crippen LogP contribution < -0.4 is 5.56 Å². The number of carbonyl (C=O) groups is 1. The second-order valence-corrected chi connectivity index (χ2v) is 5.89. The van der Waals surface area contributed by atoms with Gasteiger partial charge in [-0.1, -0.05) is 54.2 Å². The third-order valence-corrected chi connectivity index (χ3v) is 4.15.